The molecule has 0 saturated carbocycles. The van der Waals surface area contributed by atoms with Gasteiger partial charge in [0.05, 0.1) is 25.3 Å². The minimum Gasteiger partial charge on any atom is -0.477 e. The molecule has 0 spiro atoms. The smallest absolute Gasteiger partial charge is 0.341 e. The monoisotopic (exact) mass is 329 g/mol. The fourth-order valence-electron chi connectivity index (χ4n) is 3.11. The maximum Gasteiger partial charge on any atom is 0.341 e. The van der Waals surface area contributed by atoms with E-state index in [4.69, 9.17) is 9.84 Å². The number of aliphatic hydroxyl groups is 1. The Bertz CT molecular complexity index is 866. The highest BCUT2D eigenvalue weighted by molar-refractivity contribution is 5.94. The molecule has 1 aromatic heterocycles. The van der Waals surface area contributed by atoms with Gasteiger partial charge in [0.15, 0.2) is 0 Å². The number of pyridine rings is 1. The van der Waals surface area contributed by atoms with Crippen LogP contribution >= 0.6 is 0 Å². The van der Waals surface area contributed by atoms with Crippen molar-refractivity contribution < 1.29 is 19.7 Å². The third kappa shape index (κ3) is 3.11. The predicted molar refractivity (Wildman–Crippen MR) is 90.4 cm³/mol. The topological polar surface area (TPSA) is 88.8 Å². The largest absolute Gasteiger partial charge is 0.477 e. The standard InChI is InChI=1S/C18H19NO5/c20-6-8-24-7-2-3-12-9-13-4-1-5-19-11-15(18(22)23)17(21)14(10-12)16(13)19/h2-3,9-11,20H,1,4-8H2,(H,22,23)/b3-2+. The number of carboxylic acids is 1. The Kier molecular flexibility index (Phi) is 4.78. The molecule has 1 aromatic carbocycles. The Labute approximate surface area is 138 Å². The minimum absolute atomic E-state index is 0.0224. The fraction of sp³-hybridized carbons (Fsp3) is 0.333. The van der Waals surface area contributed by atoms with Gasteiger partial charge in [-0.2, -0.15) is 0 Å². The highest BCUT2D eigenvalue weighted by atomic mass is 16.5. The van der Waals surface area contributed by atoms with E-state index in [9.17, 15) is 14.7 Å². The van der Waals surface area contributed by atoms with Crippen LogP contribution < -0.4 is 5.43 Å². The van der Waals surface area contributed by atoms with Crippen LogP contribution in [0.2, 0.25) is 0 Å². The van der Waals surface area contributed by atoms with Gasteiger partial charge < -0.3 is 19.5 Å². The van der Waals surface area contributed by atoms with Gasteiger partial charge in [-0.15, -0.1) is 0 Å². The van der Waals surface area contributed by atoms with Crippen LogP contribution in [0.15, 0.2) is 29.2 Å². The van der Waals surface area contributed by atoms with Gasteiger partial charge in [0.25, 0.3) is 0 Å². The lowest BCUT2D eigenvalue weighted by atomic mass is 9.97. The molecule has 0 aliphatic carbocycles. The SMILES string of the molecule is O=C(O)c1cn2c3c(cc(/C=C/COCCO)cc3c1=O)CCC2. The summed E-state index contributed by atoms with van der Waals surface area (Å²) < 4.78 is 7.04. The molecule has 0 radical (unpaired) electrons. The Balaban J connectivity index is 2.07. The molecule has 126 valence electrons. The quantitative estimate of drug-likeness (QED) is 0.787. The Morgan fingerprint density at radius 2 is 2.21 bits per heavy atom. The van der Waals surface area contributed by atoms with Crippen LogP contribution in [0.1, 0.15) is 27.9 Å². The molecule has 2 N–H and O–H groups in total. The molecule has 3 rings (SSSR count). The summed E-state index contributed by atoms with van der Waals surface area (Å²) >= 11 is 0. The van der Waals surface area contributed by atoms with E-state index in [1.165, 1.54) is 6.20 Å². The summed E-state index contributed by atoms with van der Waals surface area (Å²) in [4.78, 5) is 23.8. The maximum atomic E-state index is 12.5. The van der Waals surface area contributed by atoms with Crippen LogP contribution in [0.4, 0.5) is 0 Å². The molecule has 0 saturated heterocycles. The van der Waals surface area contributed by atoms with Crippen molar-refractivity contribution in [2.75, 3.05) is 19.8 Å². The molecule has 24 heavy (non-hydrogen) atoms. The minimum atomic E-state index is -1.20. The highest BCUT2D eigenvalue weighted by Gasteiger charge is 2.19. The highest BCUT2D eigenvalue weighted by Crippen LogP contribution is 2.26. The van der Waals surface area contributed by atoms with Crippen LogP contribution in [-0.4, -0.2) is 40.6 Å². The summed E-state index contributed by atoms with van der Waals surface area (Å²) in [6, 6.07) is 3.76. The van der Waals surface area contributed by atoms with Gasteiger partial charge in [-0.3, -0.25) is 4.79 Å². The van der Waals surface area contributed by atoms with Crippen molar-refractivity contribution in [3.05, 3.63) is 51.3 Å². The van der Waals surface area contributed by atoms with Gasteiger partial charge in [0, 0.05) is 18.1 Å². The van der Waals surface area contributed by atoms with Crippen LogP contribution in [0.25, 0.3) is 17.0 Å². The third-order valence-electron chi connectivity index (χ3n) is 4.11. The van der Waals surface area contributed by atoms with Crippen molar-refractivity contribution in [2.24, 2.45) is 0 Å². The van der Waals surface area contributed by atoms with E-state index in [0.717, 1.165) is 29.5 Å². The molecule has 2 aromatic rings. The molecule has 1 aliphatic rings. The van der Waals surface area contributed by atoms with Crippen molar-refractivity contribution in [3.63, 3.8) is 0 Å². The molecule has 6 nitrogen and oxygen atoms in total. The second-order valence-electron chi connectivity index (χ2n) is 5.75. The number of benzene rings is 1. The Morgan fingerprint density at radius 3 is 2.96 bits per heavy atom. The van der Waals surface area contributed by atoms with E-state index in [0.29, 0.717) is 18.5 Å². The zero-order valence-electron chi connectivity index (χ0n) is 13.2. The molecule has 0 amide bonds. The lowest BCUT2D eigenvalue weighted by Gasteiger charge is -2.21. The number of aryl methyl sites for hydroxylation is 2. The van der Waals surface area contributed by atoms with Crippen molar-refractivity contribution in [3.8, 4) is 0 Å². The van der Waals surface area contributed by atoms with E-state index in [1.807, 2.05) is 22.8 Å². The van der Waals surface area contributed by atoms with E-state index in [2.05, 4.69) is 0 Å². The van der Waals surface area contributed by atoms with Crippen LogP contribution in [-0.2, 0) is 17.7 Å². The Hall–Kier alpha value is -2.44. The summed E-state index contributed by atoms with van der Waals surface area (Å²) in [6.45, 7) is 1.34. The van der Waals surface area contributed by atoms with Crippen molar-refractivity contribution >= 4 is 22.9 Å². The molecule has 1 aliphatic heterocycles. The number of rotatable bonds is 6. The van der Waals surface area contributed by atoms with Gasteiger partial charge in [0.1, 0.15) is 5.56 Å². The first-order valence-corrected chi connectivity index (χ1v) is 7.90. The number of aliphatic hydroxyl groups excluding tert-OH is 1. The molecular weight excluding hydrogens is 310 g/mol. The molecule has 6 heteroatoms. The lowest BCUT2D eigenvalue weighted by molar-refractivity contribution is 0.0694. The van der Waals surface area contributed by atoms with E-state index in [-0.39, 0.29) is 18.8 Å². The lowest BCUT2D eigenvalue weighted by Crippen LogP contribution is -2.22. The zero-order valence-corrected chi connectivity index (χ0v) is 13.2. The molecule has 0 atom stereocenters. The van der Waals surface area contributed by atoms with Crippen molar-refractivity contribution in [1.29, 1.82) is 0 Å². The summed E-state index contributed by atoms with van der Waals surface area (Å²) in [6.07, 6.45) is 6.89. The number of carboxylic acid groups (broad SMARTS) is 1. The number of aromatic nitrogens is 1. The van der Waals surface area contributed by atoms with Crippen LogP contribution in [0.5, 0.6) is 0 Å². The predicted octanol–water partition coefficient (Wildman–Crippen LogP) is 1.67. The first kappa shape index (κ1) is 16.4. The third-order valence-corrected chi connectivity index (χ3v) is 4.11. The summed E-state index contributed by atoms with van der Waals surface area (Å²) in [5, 5.41) is 18.4. The number of aromatic carboxylic acids is 1. The molecular formula is C18H19NO5. The molecule has 0 bridgehead atoms. The van der Waals surface area contributed by atoms with Crippen molar-refractivity contribution in [2.45, 2.75) is 19.4 Å². The zero-order chi connectivity index (χ0) is 17.1. The van der Waals surface area contributed by atoms with Gasteiger partial charge in [-0.25, -0.2) is 4.79 Å². The summed E-state index contributed by atoms with van der Waals surface area (Å²) in [5.41, 5.74) is 2.11. The number of nitrogens with zero attached hydrogens (tertiary/aromatic N) is 1. The summed E-state index contributed by atoms with van der Waals surface area (Å²) in [7, 11) is 0. The number of hydrogen-bond donors (Lipinski definition) is 2. The van der Waals surface area contributed by atoms with Crippen molar-refractivity contribution in [1.82, 2.24) is 4.57 Å². The first-order chi connectivity index (χ1) is 11.6. The first-order valence-electron chi connectivity index (χ1n) is 7.90. The molecule has 0 fully saturated rings. The second-order valence-corrected chi connectivity index (χ2v) is 5.75. The van der Waals surface area contributed by atoms with Gasteiger partial charge in [-0.05, 0) is 36.1 Å². The maximum absolute atomic E-state index is 12.5. The van der Waals surface area contributed by atoms with E-state index < -0.39 is 11.4 Å². The van der Waals surface area contributed by atoms with Gasteiger partial charge in [-0.1, -0.05) is 12.2 Å². The number of carbonyl (C=O) groups is 1. The van der Waals surface area contributed by atoms with Crippen LogP contribution in [0, 0.1) is 0 Å². The number of ether oxygens (including phenoxy) is 1. The number of hydrogen-bond acceptors (Lipinski definition) is 4. The fourth-order valence-corrected chi connectivity index (χ4v) is 3.11. The van der Waals surface area contributed by atoms with Crippen LogP contribution in [0.3, 0.4) is 0 Å². The van der Waals surface area contributed by atoms with E-state index in [1.54, 1.807) is 6.07 Å². The molecule has 2 heterocycles. The average Bonchev–Trinajstić information content (AvgIpc) is 2.57. The average molecular weight is 329 g/mol. The van der Waals surface area contributed by atoms with Gasteiger partial charge in [0.2, 0.25) is 5.43 Å². The molecule has 0 unspecified atom stereocenters. The van der Waals surface area contributed by atoms with E-state index >= 15 is 0 Å². The Morgan fingerprint density at radius 1 is 1.38 bits per heavy atom. The van der Waals surface area contributed by atoms with Gasteiger partial charge >= 0.3 is 5.97 Å². The normalized spacial score (nSPS) is 13.7. The second kappa shape index (κ2) is 6.98. The summed E-state index contributed by atoms with van der Waals surface area (Å²) in [5.74, 6) is -1.20.